The Hall–Kier alpha value is -2.54. The zero-order valence-electron chi connectivity index (χ0n) is 13.3. The van der Waals surface area contributed by atoms with Gasteiger partial charge in [0.25, 0.3) is 0 Å². The van der Waals surface area contributed by atoms with Crippen LogP contribution in [0.5, 0.6) is 0 Å². The second-order valence-electron chi connectivity index (χ2n) is 6.03. The summed E-state index contributed by atoms with van der Waals surface area (Å²) in [5.74, 6) is 1.28. The summed E-state index contributed by atoms with van der Waals surface area (Å²) in [7, 11) is 0. The molecule has 0 aliphatic rings. The molecular formula is C16H21N7. The van der Waals surface area contributed by atoms with Crippen LogP contribution in [0.1, 0.15) is 20.3 Å². The Balaban J connectivity index is 1.77. The molecule has 0 amide bonds. The van der Waals surface area contributed by atoms with E-state index in [9.17, 15) is 0 Å². The van der Waals surface area contributed by atoms with Crippen molar-refractivity contribution in [1.29, 1.82) is 0 Å². The van der Waals surface area contributed by atoms with E-state index in [0.717, 1.165) is 23.2 Å². The quantitative estimate of drug-likeness (QED) is 0.644. The van der Waals surface area contributed by atoms with Gasteiger partial charge in [-0.05, 0) is 24.5 Å². The molecule has 0 radical (unpaired) electrons. The van der Waals surface area contributed by atoms with Crippen molar-refractivity contribution >= 4 is 16.9 Å². The molecule has 3 aromatic rings. The van der Waals surface area contributed by atoms with Gasteiger partial charge in [-0.3, -0.25) is 10.1 Å². The Morgan fingerprint density at radius 1 is 1.30 bits per heavy atom. The highest BCUT2D eigenvalue weighted by molar-refractivity contribution is 5.89. The molecule has 0 aliphatic carbocycles. The maximum Gasteiger partial charge on any atom is 0.181 e. The molecule has 0 aliphatic heterocycles. The summed E-state index contributed by atoms with van der Waals surface area (Å²) in [5, 5.41) is 11.3. The summed E-state index contributed by atoms with van der Waals surface area (Å²) in [6.07, 6.45) is 6.09. The van der Waals surface area contributed by atoms with Crippen molar-refractivity contribution in [3.05, 3.63) is 30.7 Å². The van der Waals surface area contributed by atoms with Crippen molar-refractivity contribution in [1.82, 2.24) is 25.1 Å². The second kappa shape index (κ2) is 6.70. The number of pyridine rings is 1. The fourth-order valence-corrected chi connectivity index (χ4v) is 2.54. The maximum absolute atomic E-state index is 6.09. The van der Waals surface area contributed by atoms with E-state index in [1.807, 2.05) is 12.1 Å². The molecule has 3 heterocycles. The minimum atomic E-state index is 0.0950. The largest absolute Gasteiger partial charge is 0.367 e. The number of nitrogens with zero attached hydrogens (tertiary/aromatic N) is 4. The molecule has 23 heavy (non-hydrogen) atoms. The third-order valence-electron chi connectivity index (χ3n) is 3.54. The Labute approximate surface area is 134 Å². The molecule has 3 rings (SSSR count). The number of fused-ring (bicyclic) bond motifs is 1. The Kier molecular flexibility index (Phi) is 4.47. The van der Waals surface area contributed by atoms with Crippen LogP contribution in [0, 0.1) is 5.92 Å². The SMILES string of the molecule is CC(C)C[C@H](N)CNc1cncc(-c2[nH]nc3ncccc23)n1. The fraction of sp³-hybridized carbons (Fsp3) is 0.375. The number of aromatic nitrogens is 5. The van der Waals surface area contributed by atoms with Gasteiger partial charge in [0.2, 0.25) is 0 Å². The van der Waals surface area contributed by atoms with Crippen LogP contribution in [0.4, 0.5) is 5.82 Å². The predicted molar refractivity (Wildman–Crippen MR) is 90.8 cm³/mol. The van der Waals surface area contributed by atoms with Gasteiger partial charge < -0.3 is 11.1 Å². The first-order valence-electron chi connectivity index (χ1n) is 7.74. The fourth-order valence-electron chi connectivity index (χ4n) is 2.54. The highest BCUT2D eigenvalue weighted by Crippen LogP contribution is 2.23. The third kappa shape index (κ3) is 3.62. The van der Waals surface area contributed by atoms with Crippen LogP contribution >= 0.6 is 0 Å². The van der Waals surface area contributed by atoms with E-state index in [0.29, 0.717) is 23.9 Å². The second-order valence-corrected chi connectivity index (χ2v) is 6.03. The highest BCUT2D eigenvalue weighted by atomic mass is 15.2. The third-order valence-corrected chi connectivity index (χ3v) is 3.54. The van der Waals surface area contributed by atoms with E-state index in [4.69, 9.17) is 5.73 Å². The van der Waals surface area contributed by atoms with Gasteiger partial charge in [-0.1, -0.05) is 13.8 Å². The zero-order chi connectivity index (χ0) is 16.2. The molecule has 0 fully saturated rings. The lowest BCUT2D eigenvalue weighted by Crippen LogP contribution is -2.30. The normalized spacial score (nSPS) is 12.7. The molecule has 0 saturated carbocycles. The van der Waals surface area contributed by atoms with Crippen LogP contribution in [0.2, 0.25) is 0 Å². The van der Waals surface area contributed by atoms with E-state index >= 15 is 0 Å². The standard InChI is InChI=1S/C16H21N7/c1-10(2)6-11(17)7-20-14-9-18-8-13(21-14)15-12-4-3-5-19-16(12)23-22-15/h3-5,8-11H,6-7,17H2,1-2H3,(H,20,21)(H,19,22,23)/t11-/m0/s1. The van der Waals surface area contributed by atoms with Crippen molar-refractivity contribution in [2.75, 3.05) is 11.9 Å². The summed E-state index contributed by atoms with van der Waals surface area (Å²) in [6.45, 7) is 5.00. The molecule has 120 valence electrons. The minimum absolute atomic E-state index is 0.0950. The Bertz CT molecular complexity index is 781. The molecule has 0 spiro atoms. The molecule has 7 nitrogen and oxygen atoms in total. The van der Waals surface area contributed by atoms with Crippen molar-refractivity contribution in [3.63, 3.8) is 0 Å². The zero-order valence-corrected chi connectivity index (χ0v) is 13.3. The predicted octanol–water partition coefficient (Wildman–Crippen LogP) is 2.20. The number of H-pyrrole nitrogens is 1. The molecule has 0 bridgehead atoms. The molecule has 3 aromatic heterocycles. The molecule has 7 heteroatoms. The van der Waals surface area contributed by atoms with Crippen LogP contribution in [0.25, 0.3) is 22.4 Å². The number of rotatable bonds is 6. The van der Waals surface area contributed by atoms with Crippen molar-refractivity contribution < 1.29 is 0 Å². The minimum Gasteiger partial charge on any atom is -0.367 e. The molecule has 0 unspecified atom stereocenters. The Morgan fingerprint density at radius 3 is 3.00 bits per heavy atom. The van der Waals surface area contributed by atoms with Crippen LogP contribution in [-0.2, 0) is 0 Å². The van der Waals surface area contributed by atoms with Gasteiger partial charge in [0.05, 0.1) is 18.1 Å². The summed E-state index contributed by atoms with van der Waals surface area (Å²) < 4.78 is 0. The lowest BCUT2D eigenvalue weighted by Gasteiger charge is -2.15. The molecule has 1 atom stereocenters. The molecule has 0 saturated heterocycles. The smallest absolute Gasteiger partial charge is 0.181 e. The van der Waals surface area contributed by atoms with Gasteiger partial charge in [-0.15, -0.1) is 0 Å². The van der Waals surface area contributed by atoms with Gasteiger partial charge in [0.1, 0.15) is 11.5 Å². The number of aromatic amines is 1. The first kappa shape index (κ1) is 15.4. The Morgan fingerprint density at radius 2 is 2.17 bits per heavy atom. The summed E-state index contributed by atoms with van der Waals surface area (Å²) in [6, 6.07) is 3.93. The number of nitrogens with one attached hydrogen (secondary N) is 2. The topological polar surface area (TPSA) is 105 Å². The molecule has 4 N–H and O–H groups in total. The van der Waals surface area contributed by atoms with Crippen molar-refractivity contribution in [2.45, 2.75) is 26.3 Å². The van der Waals surface area contributed by atoms with Crippen LogP contribution < -0.4 is 11.1 Å². The average Bonchev–Trinajstić information content (AvgIpc) is 2.97. The van der Waals surface area contributed by atoms with Gasteiger partial charge in [0, 0.05) is 24.2 Å². The van der Waals surface area contributed by atoms with Crippen LogP contribution in [0.15, 0.2) is 30.7 Å². The molecular weight excluding hydrogens is 290 g/mol. The van der Waals surface area contributed by atoms with Crippen LogP contribution in [-0.4, -0.2) is 37.7 Å². The van der Waals surface area contributed by atoms with Crippen molar-refractivity contribution in [3.8, 4) is 11.4 Å². The van der Waals surface area contributed by atoms with E-state index < -0.39 is 0 Å². The van der Waals surface area contributed by atoms with E-state index in [2.05, 4.69) is 44.3 Å². The number of hydrogen-bond acceptors (Lipinski definition) is 6. The lowest BCUT2D eigenvalue weighted by molar-refractivity contribution is 0.508. The monoisotopic (exact) mass is 311 g/mol. The van der Waals surface area contributed by atoms with Crippen molar-refractivity contribution in [2.24, 2.45) is 11.7 Å². The number of nitrogens with two attached hydrogens (primary N) is 1. The first-order chi connectivity index (χ1) is 11.1. The summed E-state index contributed by atoms with van der Waals surface area (Å²) in [4.78, 5) is 13.1. The van der Waals surface area contributed by atoms with E-state index in [1.54, 1.807) is 18.6 Å². The summed E-state index contributed by atoms with van der Waals surface area (Å²) >= 11 is 0. The van der Waals surface area contributed by atoms with Crippen LogP contribution in [0.3, 0.4) is 0 Å². The van der Waals surface area contributed by atoms with Gasteiger partial charge in [0.15, 0.2) is 5.65 Å². The first-order valence-corrected chi connectivity index (χ1v) is 7.74. The summed E-state index contributed by atoms with van der Waals surface area (Å²) in [5.41, 5.74) is 8.30. The number of hydrogen-bond donors (Lipinski definition) is 3. The van der Waals surface area contributed by atoms with Gasteiger partial charge in [-0.25, -0.2) is 9.97 Å². The van der Waals surface area contributed by atoms with E-state index in [-0.39, 0.29) is 6.04 Å². The number of anilines is 1. The van der Waals surface area contributed by atoms with E-state index in [1.165, 1.54) is 0 Å². The van der Waals surface area contributed by atoms with Gasteiger partial charge >= 0.3 is 0 Å². The average molecular weight is 311 g/mol. The maximum atomic E-state index is 6.09. The molecule has 0 aromatic carbocycles. The lowest BCUT2D eigenvalue weighted by atomic mass is 10.0. The van der Waals surface area contributed by atoms with Gasteiger partial charge in [-0.2, -0.15) is 5.10 Å². The highest BCUT2D eigenvalue weighted by Gasteiger charge is 2.11.